The average molecular weight is 537 g/mol. The van der Waals surface area contributed by atoms with Gasteiger partial charge in [0, 0.05) is 23.4 Å². The van der Waals surface area contributed by atoms with Gasteiger partial charge in [-0.05, 0) is 31.2 Å². The van der Waals surface area contributed by atoms with Crippen LogP contribution in [0.5, 0.6) is 5.75 Å². The van der Waals surface area contributed by atoms with Crippen LogP contribution < -0.4 is 10.1 Å². The van der Waals surface area contributed by atoms with Crippen molar-refractivity contribution in [1.82, 2.24) is 19.7 Å². The number of non-ortho nitro benzene ring substituents is 1. The number of hydrogen-bond donors (Lipinski definition) is 1. The van der Waals surface area contributed by atoms with Gasteiger partial charge in [-0.15, -0.1) is 23.4 Å². The molecule has 0 aliphatic rings. The van der Waals surface area contributed by atoms with Crippen molar-refractivity contribution in [3.63, 3.8) is 0 Å². The molecule has 10 nitrogen and oxygen atoms in total. The van der Waals surface area contributed by atoms with Crippen LogP contribution in [0.25, 0.3) is 16.9 Å². The van der Waals surface area contributed by atoms with Gasteiger partial charge in [0.1, 0.15) is 10.8 Å². The van der Waals surface area contributed by atoms with Crippen molar-refractivity contribution in [3.05, 3.63) is 69.8 Å². The second-order valence-corrected chi connectivity index (χ2v) is 9.20. The van der Waals surface area contributed by atoms with Gasteiger partial charge in [-0.2, -0.15) is 0 Å². The Kier molecular flexibility index (Phi) is 7.21. The Morgan fingerprint density at radius 1 is 1.22 bits per heavy atom. The first-order valence-corrected chi connectivity index (χ1v) is 11.8. The first-order valence-electron chi connectivity index (χ1n) is 10.0. The van der Waals surface area contributed by atoms with Crippen LogP contribution in [0.4, 0.5) is 24.0 Å². The molecule has 4 aromatic rings. The summed E-state index contributed by atoms with van der Waals surface area (Å²) in [7, 11) is 0. The van der Waals surface area contributed by atoms with Crippen LogP contribution in [0.15, 0.2) is 59.9 Å². The van der Waals surface area contributed by atoms with Crippen LogP contribution in [0, 0.1) is 17.0 Å². The maximum absolute atomic E-state index is 12.6. The molecule has 1 N–H and O–H groups in total. The number of benzene rings is 2. The Morgan fingerprint density at radius 3 is 2.61 bits per heavy atom. The van der Waals surface area contributed by atoms with E-state index in [1.807, 2.05) is 0 Å². The number of nitro benzene ring substituents is 1. The summed E-state index contributed by atoms with van der Waals surface area (Å²) in [6.07, 6.45) is -3.38. The van der Waals surface area contributed by atoms with Crippen molar-refractivity contribution in [2.24, 2.45) is 0 Å². The van der Waals surface area contributed by atoms with Crippen molar-refractivity contribution in [3.8, 4) is 22.7 Å². The lowest BCUT2D eigenvalue weighted by molar-refractivity contribution is -0.384. The molecule has 2 aromatic carbocycles. The van der Waals surface area contributed by atoms with Gasteiger partial charge >= 0.3 is 6.36 Å². The van der Waals surface area contributed by atoms with Crippen molar-refractivity contribution >= 4 is 39.8 Å². The number of ether oxygens (including phenoxy) is 1. The number of anilines is 1. The summed E-state index contributed by atoms with van der Waals surface area (Å²) < 4.78 is 43.2. The molecule has 2 heterocycles. The number of imidazole rings is 1. The molecular formula is C21H15F3N6O4S2. The van der Waals surface area contributed by atoms with E-state index in [1.165, 1.54) is 47.9 Å². The lowest BCUT2D eigenvalue weighted by atomic mass is 10.1. The highest BCUT2D eigenvalue weighted by molar-refractivity contribution is 7.99. The number of aromatic nitrogens is 4. The normalized spacial score (nSPS) is 11.3. The van der Waals surface area contributed by atoms with E-state index in [0.29, 0.717) is 32.2 Å². The summed E-state index contributed by atoms with van der Waals surface area (Å²) in [4.78, 5) is 27.4. The maximum atomic E-state index is 12.6. The van der Waals surface area contributed by atoms with Crippen LogP contribution in [0.3, 0.4) is 0 Å². The van der Waals surface area contributed by atoms with E-state index in [-0.39, 0.29) is 17.3 Å². The molecule has 186 valence electrons. The molecule has 4 rings (SSSR count). The number of hydrogen-bond acceptors (Lipinski definition) is 9. The number of carbonyl (C=O) groups excluding carboxylic acids is 1. The van der Waals surface area contributed by atoms with Gasteiger partial charge in [-0.25, -0.2) is 4.98 Å². The smallest absolute Gasteiger partial charge is 0.406 e. The standard InChI is InChI=1S/C21H15F3N6O4S2/c1-12-27-28-19(36-12)26-18(31)11-35-20-25-10-17(13-3-2-4-15(9-13)30(32)33)29(20)14-5-7-16(8-6-14)34-21(22,23)24/h2-10H,11H2,1H3,(H,26,28,31). The molecule has 0 aliphatic carbocycles. The Labute approximate surface area is 209 Å². The van der Waals surface area contributed by atoms with E-state index in [1.54, 1.807) is 17.6 Å². The van der Waals surface area contributed by atoms with Gasteiger partial charge in [0.05, 0.1) is 22.6 Å². The fourth-order valence-corrected chi connectivity index (χ4v) is 4.50. The van der Waals surface area contributed by atoms with E-state index in [4.69, 9.17) is 0 Å². The number of nitrogens with one attached hydrogen (secondary N) is 1. The molecule has 0 atom stereocenters. The summed E-state index contributed by atoms with van der Waals surface area (Å²) in [6, 6.07) is 10.9. The molecule has 15 heteroatoms. The maximum Gasteiger partial charge on any atom is 0.573 e. The Bertz CT molecular complexity index is 1410. The molecule has 1 amide bonds. The molecule has 0 saturated carbocycles. The Hall–Kier alpha value is -3.98. The first kappa shape index (κ1) is 25.1. The van der Waals surface area contributed by atoms with Gasteiger partial charge < -0.3 is 4.74 Å². The monoisotopic (exact) mass is 536 g/mol. The average Bonchev–Trinajstić information content (AvgIpc) is 3.43. The fourth-order valence-electron chi connectivity index (χ4n) is 3.10. The summed E-state index contributed by atoms with van der Waals surface area (Å²) >= 11 is 2.28. The van der Waals surface area contributed by atoms with Crippen LogP contribution in [0.1, 0.15) is 5.01 Å². The number of nitrogens with zero attached hydrogens (tertiary/aromatic N) is 5. The van der Waals surface area contributed by atoms with Gasteiger partial charge in [0.25, 0.3) is 5.69 Å². The molecule has 0 saturated heterocycles. The second kappa shape index (κ2) is 10.3. The minimum atomic E-state index is -4.84. The molecule has 0 spiro atoms. The van der Waals surface area contributed by atoms with Gasteiger partial charge in [-0.1, -0.05) is 35.2 Å². The van der Waals surface area contributed by atoms with Gasteiger partial charge in [-0.3, -0.25) is 24.8 Å². The zero-order valence-corrected chi connectivity index (χ0v) is 19.9. The molecule has 36 heavy (non-hydrogen) atoms. The molecule has 0 bridgehead atoms. The fraction of sp³-hybridized carbons (Fsp3) is 0.143. The van der Waals surface area contributed by atoms with Crippen LogP contribution >= 0.6 is 23.1 Å². The van der Waals surface area contributed by atoms with Gasteiger partial charge in [0.15, 0.2) is 5.16 Å². The molecule has 0 fully saturated rings. The first-order chi connectivity index (χ1) is 17.1. The van der Waals surface area contributed by atoms with Crippen LogP contribution in [0.2, 0.25) is 0 Å². The molecule has 2 aromatic heterocycles. The van der Waals surface area contributed by atoms with Crippen LogP contribution in [-0.2, 0) is 4.79 Å². The summed E-state index contributed by atoms with van der Waals surface area (Å²) in [5.41, 5.74) is 1.15. The number of halogens is 3. The van der Waals surface area contributed by atoms with Crippen LogP contribution in [-0.4, -0.2) is 42.7 Å². The summed E-state index contributed by atoms with van der Waals surface area (Å²) in [5, 5.41) is 22.9. The van der Waals surface area contributed by atoms with E-state index < -0.39 is 17.0 Å². The highest BCUT2D eigenvalue weighted by Gasteiger charge is 2.31. The number of amides is 1. The predicted octanol–water partition coefficient (Wildman–Crippen LogP) is 5.24. The number of nitro groups is 1. The summed E-state index contributed by atoms with van der Waals surface area (Å²) in [5.74, 6) is -0.833. The van der Waals surface area contributed by atoms with Gasteiger partial charge in [0.2, 0.25) is 11.0 Å². The molecular weight excluding hydrogens is 521 g/mol. The zero-order chi connectivity index (χ0) is 25.9. The highest BCUT2D eigenvalue weighted by Crippen LogP contribution is 2.33. The second-order valence-electron chi connectivity index (χ2n) is 7.07. The Balaban J connectivity index is 1.65. The number of rotatable bonds is 8. The molecule has 0 aliphatic heterocycles. The predicted molar refractivity (Wildman–Crippen MR) is 126 cm³/mol. The van der Waals surface area contributed by atoms with Crippen molar-refractivity contribution < 1.29 is 27.6 Å². The lowest BCUT2D eigenvalue weighted by Gasteiger charge is -2.14. The van der Waals surface area contributed by atoms with E-state index >= 15 is 0 Å². The minimum absolute atomic E-state index is 0.0563. The lowest BCUT2D eigenvalue weighted by Crippen LogP contribution is -2.17. The number of carbonyl (C=O) groups is 1. The molecule has 0 radical (unpaired) electrons. The van der Waals surface area contributed by atoms with Crippen molar-refractivity contribution in [1.29, 1.82) is 0 Å². The third kappa shape index (κ3) is 6.17. The number of aryl methyl sites for hydroxylation is 1. The Morgan fingerprint density at radius 2 is 1.97 bits per heavy atom. The van der Waals surface area contributed by atoms with E-state index in [2.05, 4.69) is 25.2 Å². The summed E-state index contributed by atoms with van der Waals surface area (Å²) in [6.45, 7) is 1.75. The third-order valence-electron chi connectivity index (χ3n) is 4.52. The quantitative estimate of drug-likeness (QED) is 0.184. The van der Waals surface area contributed by atoms with Crippen molar-refractivity contribution in [2.45, 2.75) is 18.4 Å². The third-order valence-corrected chi connectivity index (χ3v) is 6.22. The van der Waals surface area contributed by atoms with Crippen molar-refractivity contribution in [2.75, 3.05) is 11.1 Å². The number of alkyl halides is 3. The topological polar surface area (TPSA) is 125 Å². The van der Waals surface area contributed by atoms with E-state index in [9.17, 15) is 28.1 Å². The number of thioether (sulfide) groups is 1. The van der Waals surface area contributed by atoms with E-state index in [0.717, 1.165) is 23.9 Å². The largest absolute Gasteiger partial charge is 0.573 e. The highest BCUT2D eigenvalue weighted by atomic mass is 32.2. The zero-order valence-electron chi connectivity index (χ0n) is 18.2. The minimum Gasteiger partial charge on any atom is -0.406 e. The SMILES string of the molecule is Cc1nnc(NC(=O)CSc2ncc(-c3cccc([N+](=O)[O-])c3)n2-c2ccc(OC(F)(F)F)cc2)s1. The molecule has 0 unspecified atom stereocenters.